The number of carbonyl (C=O) groups excluding carboxylic acids is 1. The number of fused-ring (bicyclic) bond motifs is 5. The van der Waals surface area contributed by atoms with Crippen LogP contribution in [0.3, 0.4) is 0 Å². The molecule has 0 heterocycles. The Balaban J connectivity index is 1.81. The van der Waals surface area contributed by atoms with E-state index in [-0.39, 0.29) is 29.6 Å². The predicted octanol–water partition coefficient (Wildman–Crippen LogP) is 3.47. The Morgan fingerprint density at radius 1 is 1.33 bits per heavy atom. The molecule has 0 aliphatic heterocycles. The summed E-state index contributed by atoms with van der Waals surface area (Å²) in [5, 5.41) is 11.5. The maximum Gasteiger partial charge on any atom is 0.309 e. The van der Waals surface area contributed by atoms with Crippen molar-refractivity contribution in [2.45, 2.75) is 43.6 Å². The molecular weight excluding hydrogens is 300 g/mol. The number of esters is 1. The van der Waals surface area contributed by atoms with Gasteiger partial charge in [-0.1, -0.05) is 30.3 Å². The molecule has 4 rings (SSSR count). The fourth-order valence-corrected chi connectivity index (χ4v) is 5.99. The molecule has 0 radical (unpaired) electrons. The third-order valence-corrected chi connectivity index (χ3v) is 6.98. The van der Waals surface area contributed by atoms with Crippen molar-refractivity contribution >= 4 is 5.97 Å². The van der Waals surface area contributed by atoms with Gasteiger partial charge in [0.25, 0.3) is 0 Å². The molecule has 0 spiro atoms. The van der Waals surface area contributed by atoms with Gasteiger partial charge in [0.1, 0.15) is 0 Å². The van der Waals surface area contributed by atoms with Crippen molar-refractivity contribution in [2.24, 2.45) is 23.7 Å². The number of methoxy groups -OCH3 is 1. The van der Waals surface area contributed by atoms with Crippen molar-refractivity contribution in [2.75, 3.05) is 7.11 Å². The number of carbonyl (C=O) groups is 1. The van der Waals surface area contributed by atoms with E-state index in [1.165, 1.54) is 18.2 Å². The molecular formula is C21H26O3. The number of aliphatic hydroxyl groups is 1. The van der Waals surface area contributed by atoms with Crippen molar-refractivity contribution in [3.63, 3.8) is 0 Å². The van der Waals surface area contributed by atoms with Crippen LogP contribution in [-0.4, -0.2) is 23.8 Å². The van der Waals surface area contributed by atoms with Gasteiger partial charge in [-0.15, -0.1) is 6.58 Å². The molecule has 1 N–H and O–H groups in total. The van der Waals surface area contributed by atoms with Gasteiger partial charge in [-0.2, -0.15) is 0 Å². The second-order valence-electron chi connectivity index (χ2n) is 7.78. The molecule has 128 valence electrons. The Bertz CT molecular complexity index is 667. The summed E-state index contributed by atoms with van der Waals surface area (Å²) in [6.07, 6.45) is 6.48. The number of rotatable bonds is 2. The highest BCUT2D eigenvalue weighted by atomic mass is 16.5. The van der Waals surface area contributed by atoms with Crippen LogP contribution in [0, 0.1) is 23.7 Å². The Morgan fingerprint density at radius 3 is 2.88 bits per heavy atom. The van der Waals surface area contributed by atoms with E-state index in [1.807, 2.05) is 6.08 Å². The van der Waals surface area contributed by atoms with E-state index >= 15 is 0 Å². The van der Waals surface area contributed by atoms with Gasteiger partial charge in [-0.05, 0) is 55.1 Å². The summed E-state index contributed by atoms with van der Waals surface area (Å²) in [5.41, 5.74) is 1.86. The van der Waals surface area contributed by atoms with Gasteiger partial charge in [0, 0.05) is 11.8 Å². The quantitative estimate of drug-likeness (QED) is 0.669. The lowest BCUT2D eigenvalue weighted by atomic mass is 9.54. The minimum atomic E-state index is -0.798. The maximum absolute atomic E-state index is 12.6. The Labute approximate surface area is 143 Å². The van der Waals surface area contributed by atoms with Crippen molar-refractivity contribution < 1.29 is 14.6 Å². The lowest BCUT2D eigenvalue weighted by Crippen LogP contribution is -2.54. The summed E-state index contributed by atoms with van der Waals surface area (Å²) < 4.78 is 5.14. The smallest absolute Gasteiger partial charge is 0.309 e. The highest BCUT2D eigenvalue weighted by molar-refractivity contribution is 5.74. The van der Waals surface area contributed by atoms with Gasteiger partial charge in [-0.3, -0.25) is 4.79 Å². The van der Waals surface area contributed by atoms with E-state index < -0.39 is 5.60 Å². The largest absolute Gasteiger partial charge is 0.469 e. The van der Waals surface area contributed by atoms with Crippen LogP contribution in [-0.2, 0) is 16.0 Å². The molecule has 1 aromatic carbocycles. The molecule has 24 heavy (non-hydrogen) atoms. The number of benzene rings is 1. The number of hydrogen-bond acceptors (Lipinski definition) is 3. The van der Waals surface area contributed by atoms with Crippen molar-refractivity contribution in [3.8, 4) is 0 Å². The highest BCUT2D eigenvalue weighted by Crippen LogP contribution is 2.60. The van der Waals surface area contributed by atoms with Crippen LogP contribution in [0.5, 0.6) is 0 Å². The summed E-state index contributed by atoms with van der Waals surface area (Å²) in [6.45, 7) is 3.93. The van der Waals surface area contributed by atoms with E-state index in [2.05, 4.69) is 30.8 Å². The van der Waals surface area contributed by atoms with Gasteiger partial charge in [0.05, 0.1) is 18.6 Å². The number of aryl methyl sites for hydroxylation is 1. The van der Waals surface area contributed by atoms with Crippen LogP contribution in [0.2, 0.25) is 0 Å². The second-order valence-corrected chi connectivity index (χ2v) is 7.78. The zero-order valence-electron chi connectivity index (χ0n) is 14.3. The third-order valence-electron chi connectivity index (χ3n) is 6.98. The minimum Gasteiger partial charge on any atom is -0.469 e. The molecule has 2 saturated carbocycles. The topological polar surface area (TPSA) is 46.5 Å². The van der Waals surface area contributed by atoms with E-state index in [0.29, 0.717) is 12.3 Å². The van der Waals surface area contributed by atoms with Crippen LogP contribution >= 0.6 is 0 Å². The molecule has 0 amide bonds. The molecule has 0 unspecified atom stereocenters. The lowest BCUT2D eigenvalue weighted by Gasteiger charge is -2.52. The fourth-order valence-electron chi connectivity index (χ4n) is 5.99. The van der Waals surface area contributed by atoms with Gasteiger partial charge in [-0.25, -0.2) is 0 Å². The summed E-state index contributed by atoms with van der Waals surface area (Å²) in [5.74, 6) is 0.447. The van der Waals surface area contributed by atoms with Crippen molar-refractivity contribution in [1.82, 2.24) is 0 Å². The van der Waals surface area contributed by atoms with Gasteiger partial charge >= 0.3 is 5.97 Å². The molecule has 3 heteroatoms. The first-order chi connectivity index (χ1) is 11.6. The number of ether oxygens (including phenoxy) is 1. The molecule has 0 bridgehead atoms. The summed E-state index contributed by atoms with van der Waals surface area (Å²) in [6, 6.07) is 8.50. The summed E-state index contributed by atoms with van der Waals surface area (Å²) in [7, 11) is 1.46. The third kappa shape index (κ3) is 2.10. The average molecular weight is 326 g/mol. The van der Waals surface area contributed by atoms with E-state index in [0.717, 1.165) is 25.7 Å². The molecule has 1 aromatic rings. The molecule has 3 aliphatic carbocycles. The second kappa shape index (κ2) is 5.73. The minimum absolute atomic E-state index is 0.0905. The molecule has 3 aliphatic rings. The van der Waals surface area contributed by atoms with Crippen LogP contribution in [0.4, 0.5) is 0 Å². The lowest BCUT2D eigenvalue weighted by molar-refractivity contribution is -0.160. The molecule has 3 nitrogen and oxygen atoms in total. The van der Waals surface area contributed by atoms with Crippen LogP contribution in [0.25, 0.3) is 0 Å². The standard InChI is InChI=1S/C21H26O3/c1-3-14-9-11-18-16-10-8-13-6-4-5-7-15(13)19(16)17(20(22)24-2)12-21(14,18)23/h3-7,14,16-19,23H,1,8-12H2,2H3/t14-,16+,17-,18+,19-,21-/m1/s1. The van der Waals surface area contributed by atoms with Gasteiger partial charge in [0.15, 0.2) is 0 Å². The normalized spacial score (nSPS) is 40.2. The van der Waals surface area contributed by atoms with Gasteiger partial charge < -0.3 is 9.84 Å². The predicted molar refractivity (Wildman–Crippen MR) is 92.5 cm³/mol. The Morgan fingerprint density at radius 2 is 2.12 bits per heavy atom. The van der Waals surface area contributed by atoms with Crippen LogP contribution < -0.4 is 0 Å². The Kier molecular flexibility index (Phi) is 3.80. The molecule has 2 fully saturated rings. The van der Waals surface area contributed by atoms with E-state index in [9.17, 15) is 9.90 Å². The molecule has 6 atom stereocenters. The summed E-state index contributed by atoms with van der Waals surface area (Å²) >= 11 is 0. The van der Waals surface area contributed by atoms with E-state index in [1.54, 1.807) is 0 Å². The molecule has 0 saturated heterocycles. The Hall–Kier alpha value is -1.61. The van der Waals surface area contributed by atoms with Gasteiger partial charge in [0.2, 0.25) is 0 Å². The van der Waals surface area contributed by atoms with Crippen molar-refractivity contribution in [3.05, 3.63) is 48.0 Å². The van der Waals surface area contributed by atoms with Crippen LogP contribution in [0.1, 0.15) is 42.7 Å². The monoisotopic (exact) mass is 326 g/mol. The fraction of sp³-hybridized carbons (Fsp3) is 0.571. The number of hydrogen-bond donors (Lipinski definition) is 1. The SMILES string of the molecule is C=C[C@@H]1CC[C@H]2[C@@H]3CCc4ccccc4[C@H]3[C@H](C(=O)OC)C[C@@]12O. The summed E-state index contributed by atoms with van der Waals surface area (Å²) in [4.78, 5) is 12.6. The molecule has 0 aromatic heterocycles. The first-order valence-electron chi connectivity index (χ1n) is 9.10. The first-order valence-corrected chi connectivity index (χ1v) is 9.10. The van der Waals surface area contributed by atoms with Crippen LogP contribution in [0.15, 0.2) is 36.9 Å². The highest BCUT2D eigenvalue weighted by Gasteiger charge is 2.60. The van der Waals surface area contributed by atoms with E-state index in [4.69, 9.17) is 4.74 Å². The maximum atomic E-state index is 12.6. The average Bonchev–Trinajstić information content (AvgIpc) is 2.96. The van der Waals surface area contributed by atoms with Crippen molar-refractivity contribution in [1.29, 1.82) is 0 Å². The first kappa shape index (κ1) is 15.9. The zero-order chi connectivity index (χ0) is 16.9. The zero-order valence-corrected chi connectivity index (χ0v) is 14.3.